The smallest absolute Gasteiger partial charge is 0.220 e. The number of nitrogens with zero attached hydrogens (tertiary/aromatic N) is 1. The summed E-state index contributed by atoms with van der Waals surface area (Å²) in [5, 5.41) is 5.83. The zero-order valence-corrected chi connectivity index (χ0v) is 8.71. The van der Waals surface area contributed by atoms with Crippen LogP contribution in [-0.2, 0) is 4.79 Å². The highest BCUT2D eigenvalue weighted by Gasteiger charge is 2.19. The van der Waals surface area contributed by atoms with Crippen LogP contribution in [0.2, 0.25) is 0 Å². The minimum atomic E-state index is 0.112. The van der Waals surface area contributed by atoms with Crippen LogP contribution in [0.15, 0.2) is 4.99 Å². The molecule has 0 spiro atoms. The molecule has 1 unspecified atom stereocenters. The Hall–Kier alpha value is -1.26. The number of nitrogens with two attached hydrogens (primary N) is 1. The molecule has 1 amide bonds. The van der Waals surface area contributed by atoms with Gasteiger partial charge in [0.1, 0.15) is 0 Å². The van der Waals surface area contributed by atoms with Crippen molar-refractivity contribution in [3.05, 3.63) is 0 Å². The van der Waals surface area contributed by atoms with E-state index in [-0.39, 0.29) is 18.0 Å². The molecule has 0 aromatic heterocycles. The summed E-state index contributed by atoms with van der Waals surface area (Å²) in [6, 6.07) is 0.451. The summed E-state index contributed by atoms with van der Waals surface area (Å²) in [6.45, 7) is 4.57. The average molecular weight is 198 g/mol. The van der Waals surface area contributed by atoms with Crippen LogP contribution < -0.4 is 16.4 Å². The van der Waals surface area contributed by atoms with E-state index in [9.17, 15) is 4.79 Å². The molecule has 80 valence electrons. The highest BCUT2D eigenvalue weighted by molar-refractivity contribution is 5.79. The van der Waals surface area contributed by atoms with Crippen molar-refractivity contribution in [2.45, 2.75) is 38.8 Å². The lowest BCUT2D eigenvalue weighted by Crippen LogP contribution is -2.38. The maximum atomic E-state index is 10.9. The number of guanidine groups is 1. The summed E-state index contributed by atoms with van der Waals surface area (Å²) >= 11 is 0. The number of aliphatic imine (C=N–C) groups is 1. The first-order chi connectivity index (χ1) is 6.58. The molecule has 1 aliphatic rings. The molecule has 1 fully saturated rings. The molecule has 1 aliphatic heterocycles. The highest BCUT2D eigenvalue weighted by Crippen LogP contribution is 2.06. The van der Waals surface area contributed by atoms with Crippen LogP contribution in [0.5, 0.6) is 0 Å². The average Bonchev–Trinajstić information content (AvgIpc) is 2.47. The van der Waals surface area contributed by atoms with Gasteiger partial charge in [0.15, 0.2) is 5.96 Å². The molecular formula is C9H18N4O. The van der Waals surface area contributed by atoms with E-state index in [0.29, 0.717) is 18.9 Å². The first kappa shape index (κ1) is 10.8. The Morgan fingerprint density at radius 2 is 2.50 bits per heavy atom. The summed E-state index contributed by atoms with van der Waals surface area (Å²) in [5.74, 6) is 0.557. The Kier molecular flexibility index (Phi) is 3.73. The standard InChI is InChI=1S/C9H18N4O/c1-6(2)12-9(10)11-5-7-3-4-8(14)13-7/h6-7H,3-5H2,1-2H3,(H,13,14)(H3,10,11,12). The van der Waals surface area contributed by atoms with Gasteiger partial charge in [0.25, 0.3) is 0 Å². The van der Waals surface area contributed by atoms with E-state index in [2.05, 4.69) is 15.6 Å². The van der Waals surface area contributed by atoms with Gasteiger partial charge in [-0.15, -0.1) is 0 Å². The molecule has 5 heteroatoms. The molecule has 0 radical (unpaired) electrons. The Bertz CT molecular complexity index is 237. The van der Waals surface area contributed by atoms with Crippen molar-refractivity contribution in [3.8, 4) is 0 Å². The lowest BCUT2D eigenvalue weighted by molar-refractivity contribution is -0.119. The molecule has 5 nitrogen and oxygen atoms in total. The van der Waals surface area contributed by atoms with E-state index in [4.69, 9.17) is 5.73 Å². The highest BCUT2D eigenvalue weighted by atomic mass is 16.1. The molecular weight excluding hydrogens is 180 g/mol. The Balaban J connectivity index is 2.27. The van der Waals surface area contributed by atoms with Gasteiger partial charge < -0.3 is 16.4 Å². The van der Waals surface area contributed by atoms with E-state index >= 15 is 0 Å². The predicted octanol–water partition coefficient (Wildman–Crippen LogP) is -0.422. The third-order valence-electron chi connectivity index (χ3n) is 2.00. The zero-order chi connectivity index (χ0) is 10.6. The van der Waals surface area contributed by atoms with E-state index in [1.54, 1.807) is 0 Å². The Labute approximate surface area is 84.1 Å². The van der Waals surface area contributed by atoms with Gasteiger partial charge in [-0.05, 0) is 20.3 Å². The number of nitrogens with one attached hydrogen (secondary N) is 2. The van der Waals surface area contributed by atoms with Crippen LogP contribution in [0.25, 0.3) is 0 Å². The summed E-state index contributed by atoms with van der Waals surface area (Å²) in [5.41, 5.74) is 5.61. The molecule has 0 bridgehead atoms. The lowest BCUT2D eigenvalue weighted by atomic mass is 10.2. The first-order valence-corrected chi connectivity index (χ1v) is 4.93. The summed E-state index contributed by atoms with van der Waals surface area (Å²) < 4.78 is 0. The largest absolute Gasteiger partial charge is 0.370 e. The zero-order valence-electron chi connectivity index (χ0n) is 8.71. The summed E-state index contributed by atoms with van der Waals surface area (Å²) in [6.07, 6.45) is 1.47. The van der Waals surface area contributed by atoms with E-state index < -0.39 is 0 Å². The van der Waals surface area contributed by atoms with Crippen LogP contribution >= 0.6 is 0 Å². The fraction of sp³-hybridized carbons (Fsp3) is 0.778. The first-order valence-electron chi connectivity index (χ1n) is 4.93. The lowest BCUT2D eigenvalue weighted by Gasteiger charge is -2.10. The normalized spacial score (nSPS) is 22.6. The van der Waals surface area contributed by atoms with Gasteiger partial charge in [0, 0.05) is 18.5 Å². The minimum Gasteiger partial charge on any atom is -0.370 e. The Morgan fingerprint density at radius 3 is 3.00 bits per heavy atom. The molecule has 0 aromatic rings. The fourth-order valence-corrected chi connectivity index (χ4v) is 1.36. The number of carbonyl (C=O) groups is 1. The van der Waals surface area contributed by atoms with Gasteiger partial charge in [-0.3, -0.25) is 9.79 Å². The van der Waals surface area contributed by atoms with Gasteiger partial charge in [-0.2, -0.15) is 0 Å². The van der Waals surface area contributed by atoms with Crippen LogP contribution in [0.1, 0.15) is 26.7 Å². The number of amides is 1. The second-order valence-corrected chi connectivity index (χ2v) is 3.83. The maximum absolute atomic E-state index is 10.9. The Morgan fingerprint density at radius 1 is 1.79 bits per heavy atom. The maximum Gasteiger partial charge on any atom is 0.220 e. The molecule has 14 heavy (non-hydrogen) atoms. The van der Waals surface area contributed by atoms with Crippen molar-refractivity contribution in [1.29, 1.82) is 0 Å². The monoisotopic (exact) mass is 198 g/mol. The number of carbonyl (C=O) groups excluding carboxylic acids is 1. The summed E-state index contributed by atoms with van der Waals surface area (Å²) in [7, 11) is 0. The van der Waals surface area contributed by atoms with Gasteiger partial charge in [-0.1, -0.05) is 0 Å². The third kappa shape index (κ3) is 3.64. The topological polar surface area (TPSA) is 79.5 Å². The van der Waals surface area contributed by atoms with Crippen molar-refractivity contribution < 1.29 is 4.79 Å². The van der Waals surface area contributed by atoms with Crippen LogP contribution in [-0.4, -0.2) is 30.5 Å². The quantitative estimate of drug-likeness (QED) is 0.425. The van der Waals surface area contributed by atoms with E-state index in [1.807, 2.05) is 13.8 Å². The van der Waals surface area contributed by atoms with Crippen LogP contribution in [0.3, 0.4) is 0 Å². The van der Waals surface area contributed by atoms with Crippen LogP contribution in [0.4, 0.5) is 0 Å². The van der Waals surface area contributed by atoms with Crippen molar-refractivity contribution >= 4 is 11.9 Å². The summed E-state index contributed by atoms with van der Waals surface area (Å²) in [4.78, 5) is 15.0. The second-order valence-electron chi connectivity index (χ2n) is 3.83. The second kappa shape index (κ2) is 4.83. The number of hydrogen-bond donors (Lipinski definition) is 3. The van der Waals surface area contributed by atoms with E-state index in [0.717, 1.165) is 6.42 Å². The molecule has 0 aliphatic carbocycles. The number of rotatable bonds is 3. The predicted molar refractivity (Wildman–Crippen MR) is 55.9 cm³/mol. The minimum absolute atomic E-state index is 0.112. The molecule has 1 saturated heterocycles. The van der Waals surface area contributed by atoms with Crippen molar-refractivity contribution in [2.24, 2.45) is 10.7 Å². The molecule has 0 aromatic carbocycles. The molecule has 1 rings (SSSR count). The number of hydrogen-bond acceptors (Lipinski definition) is 2. The van der Waals surface area contributed by atoms with Crippen molar-refractivity contribution in [3.63, 3.8) is 0 Å². The molecule has 4 N–H and O–H groups in total. The fourth-order valence-electron chi connectivity index (χ4n) is 1.36. The van der Waals surface area contributed by atoms with Gasteiger partial charge >= 0.3 is 0 Å². The van der Waals surface area contributed by atoms with Gasteiger partial charge in [0.2, 0.25) is 5.91 Å². The van der Waals surface area contributed by atoms with Gasteiger partial charge in [0.05, 0.1) is 6.54 Å². The van der Waals surface area contributed by atoms with Gasteiger partial charge in [-0.25, -0.2) is 0 Å². The van der Waals surface area contributed by atoms with Crippen molar-refractivity contribution in [1.82, 2.24) is 10.6 Å². The van der Waals surface area contributed by atoms with Crippen LogP contribution in [0, 0.1) is 0 Å². The third-order valence-corrected chi connectivity index (χ3v) is 2.00. The molecule has 1 heterocycles. The van der Waals surface area contributed by atoms with E-state index in [1.165, 1.54) is 0 Å². The molecule has 0 saturated carbocycles. The van der Waals surface area contributed by atoms with Crippen molar-refractivity contribution in [2.75, 3.05) is 6.54 Å². The SMILES string of the molecule is CC(C)NC(N)=NCC1CCC(=O)N1. The molecule has 1 atom stereocenters.